The molecule has 1 N–H and O–H groups in total. The minimum Gasteiger partial charge on any atom is -0.388 e. The van der Waals surface area contributed by atoms with Crippen LogP contribution in [0.3, 0.4) is 0 Å². The van der Waals surface area contributed by atoms with Crippen molar-refractivity contribution in [2.45, 2.75) is 64.1 Å². The van der Waals surface area contributed by atoms with Crippen molar-refractivity contribution < 1.29 is 22.7 Å². The van der Waals surface area contributed by atoms with Crippen molar-refractivity contribution in [2.75, 3.05) is 0 Å². The van der Waals surface area contributed by atoms with E-state index in [1.54, 1.807) is 12.1 Å². The van der Waals surface area contributed by atoms with E-state index in [4.69, 9.17) is 4.98 Å². The smallest absolute Gasteiger partial charge is 0.388 e. The van der Waals surface area contributed by atoms with Crippen LogP contribution in [-0.4, -0.2) is 10.1 Å². The molecular formula is C28H27F4NO. The van der Waals surface area contributed by atoms with E-state index in [0.29, 0.717) is 18.8 Å². The highest BCUT2D eigenvalue weighted by atomic mass is 19.4. The molecule has 0 radical (unpaired) electrons. The van der Waals surface area contributed by atoms with E-state index >= 15 is 0 Å². The average Bonchev–Trinajstić information content (AvgIpc) is 3.58. The molecule has 0 aliphatic heterocycles. The van der Waals surface area contributed by atoms with Crippen LogP contribution in [0.2, 0.25) is 0 Å². The SMILES string of the molecule is CC1(C)Cc2nc(C3CC3)c(Cc3ccc(C(F)(F)F)cc3)c(-c3ccc(F)cc3)c2C(O)C1. The second-order valence-electron chi connectivity index (χ2n) is 10.4. The number of pyridine rings is 1. The molecule has 1 unspecified atom stereocenters. The second-order valence-corrected chi connectivity index (χ2v) is 10.4. The number of fused-ring (bicyclic) bond motifs is 1. The first-order valence-corrected chi connectivity index (χ1v) is 11.7. The Morgan fingerprint density at radius 3 is 2.24 bits per heavy atom. The van der Waals surface area contributed by atoms with Crippen molar-refractivity contribution in [3.63, 3.8) is 0 Å². The van der Waals surface area contributed by atoms with Gasteiger partial charge >= 0.3 is 6.18 Å². The summed E-state index contributed by atoms with van der Waals surface area (Å²) < 4.78 is 53.0. The number of alkyl halides is 3. The van der Waals surface area contributed by atoms with E-state index in [2.05, 4.69) is 13.8 Å². The minimum atomic E-state index is -4.39. The Hall–Kier alpha value is -2.73. The lowest BCUT2D eigenvalue weighted by molar-refractivity contribution is -0.137. The van der Waals surface area contributed by atoms with Crippen LogP contribution in [-0.2, 0) is 19.0 Å². The van der Waals surface area contributed by atoms with Crippen molar-refractivity contribution in [1.82, 2.24) is 4.98 Å². The normalized spacial score (nSPS) is 19.7. The van der Waals surface area contributed by atoms with E-state index in [0.717, 1.165) is 70.6 Å². The number of nitrogens with zero attached hydrogens (tertiary/aromatic N) is 1. The molecule has 1 aromatic heterocycles. The van der Waals surface area contributed by atoms with Gasteiger partial charge in [-0.05, 0) is 84.0 Å². The quantitative estimate of drug-likeness (QED) is 0.405. The Bertz CT molecular complexity index is 1210. The number of aliphatic hydroxyl groups excluding tert-OH is 1. The number of hydrogen-bond acceptors (Lipinski definition) is 2. The molecule has 0 amide bonds. The van der Waals surface area contributed by atoms with Gasteiger partial charge in [-0.25, -0.2) is 4.39 Å². The van der Waals surface area contributed by atoms with Gasteiger partial charge in [0.15, 0.2) is 0 Å². The molecule has 6 heteroatoms. The molecule has 0 bridgehead atoms. The zero-order chi connectivity index (χ0) is 24.3. The highest BCUT2D eigenvalue weighted by molar-refractivity contribution is 5.74. The fourth-order valence-corrected chi connectivity index (χ4v) is 5.19. The molecule has 2 nitrogen and oxygen atoms in total. The summed E-state index contributed by atoms with van der Waals surface area (Å²) >= 11 is 0. The lowest BCUT2D eigenvalue weighted by Crippen LogP contribution is -2.28. The summed E-state index contributed by atoms with van der Waals surface area (Å²) in [6.07, 6.45) is -1.37. The number of hydrogen-bond donors (Lipinski definition) is 1. The molecule has 1 heterocycles. The summed E-state index contributed by atoms with van der Waals surface area (Å²) in [6, 6.07) is 11.5. The van der Waals surface area contributed by atoms with Gasteiger partial charge in [0.25, 0.3) is 0 Å². The van der Waals surface area contributed by atoms with Crippen LogP contribution in [0.1, 0.15) is 78.8 Å². The molecule has 5 rings (SSSR count). The van der Waals surface area contributed by atoms with Gasteiger partial charge in [0.2, 0.25) is 0 Å². The first-order chi connectivity index (χ1) is 16.0. The second kappa shape index (κ2) is 8.19. The molecule has 2 aliphatic rings. The number of aromatic nitrogens is 1. The molecule has 1 saturated carbocycles. The zero-order valence-electron chi connectivity index (χ0n) is 19.2. The Morgan fingerprint density at radius 1 is 1.00 bits per heavy atom. The van der Waals surface area contributed by atoms with Gasteiger partial charge in [-0.1, -0.05) is 38.1 Å². The van der Waals surface area contributed by atoms with Gasteiger partial charge in [-0.3, -0.25) is 4.98 Å². The monoisotopic (exact) mass is 469 g/mol. The molecule has 2 aromatic carbocycles. The summed E-state index contributed by atoms with van der Waals surface area (Å²) in [4.78, 5) is 5.06. The van der Waals surface area contributed by atoms with Crippen molar-refractivity contribution in [3.8, 4) is 11.1 Å². The number of aliphatic hydroxyl groups is 1. The predicted molar refractivity (Wildman–Crippen MR) is 123 cm³/mol. The Balaban J connectivity index is 1.70. The van der Waals surface area contributed by atoms with E-state index in [-0.39, 0.29) is 11.2 Å². The summed E-state index contributed by atoms with van der Waals surface area (Å²) in [5.74, 6) is -0.0452. The van der Waals surface area contributed by atoms with Gasteiger partial charge < -0.3 is 5.11 Å². The average molecular weight is 470 g/mol. The van der Waals surface area contributed by atoms with Crippen molar-refractivity contribution in [1.29, 1.82) is 0 Å². The fraction of sp³-hybridized carbons (Fsp3) is 0.393. The van der Waals surface area contributed by atoms with E-state index < -0.39 is 17.8 Å². The van der Waals surface area contributed by atoms with Crippen LogP contribution in [0.5, 0.6) is 0 Å². The van der Waals surface area contributed by atoms with Crippen LogP contribution >= 0.6 is 0 Å². The predicted octanol–water partition coefficient (Wildman–Crippen LogP) is 7.38. The first-order valence-electron chi connectivity index (χ1n) is 11.7. The van der Waals surface area contributed by atoms with Crippen LogP contribution in [0.25, 0.3) is 11.1 Å². The molecule has 3 aromatic rings. The van der Waals surface area contributed by atoms with Crippen LogP contribution < -0.4 is 0 Å². The number of rotatable bonds is 4. The lowest BCUT2D eigenvalue weighted by atomic mass is 9.72. The van der Waals surface area contributed by atoms with Gasteiger partial charge in [0, 0.05) is 22.9 Å². The minimum absolute atomic E-state index is 0.102. The summed E-state index contributed by atoms with van der Waals surface area (Å²) in [6.45, 7) is 4.23. The molecule has 178 valence electrons. The van der Waals surface area contributed by atoms with Gasteiger partial charge in [0.1, 0.15) is 5.82 Å². The molecule has 0 saturated heterocycles. The third-order valence-corrected chi connectivity index (χ3v) is 6.93. The number of halogens is 4. The van der Waals surface area contributed by atoms with E-state index in [1.165, 1.54) is 24.3 Å². The Kier molecular flexibility index (Phi) is 5.55. The molecule has 34 heavy (non-hydrogen) atoms. The van der Waals surface area contributed by atoms with Gasteiger partial charge in [-0.15, -0.1) is 0 Å². The lowest BCUT2D eigenvalue weighted by Gasteiger charge is -2.36. The van der Waals surface area contributed by atoms with Crippen molar-refractivity contribution in [3.05, 3.63) is 88.0 Å². The Labute approximate surface area is 196 Å². The zero-order valence-corrected chi connectivity index (χ0v) is 19.2. The van der Waals surface area contributed by atoms with E-state index in [1.807, 2.05) is 0 Å². The summed E-state index contributed by atoms with van der Waals surface area (Å²) in [5, 5.41) is 11.2. The molecule has 1 fully saturated rings. The summed E-state index contributed by atoms with van der Waals surface area (Å²) in [5.41, 5.74) is 5.14. The highest BCUT2D eigenvalue weighted by Crippen LogP contribution is 2.50. The molecule has 0 spiro atoms. The van der Waals surface area contributed by atoms with Crippen LogP contribution in [0.15, 0.2) is 48.5 Å². The highest BCUT2D eigenvalue weighted by Gasteiger charge is 2.38. The maximum Gasteiger partial charge on any atom is 0.416 e. The fourth-order valence-electron chi connectivity index (χ4n) is 5.19. The first kappa shape index (κ1) is 23.0. The summed E-state index contributed by atoms with van der Waals surface area (Å²) in [7, 11) is 0. The van der Waals surface area contributed by atoms with Gasteiger partial charge in [0.05, 0.1) is 11.7 Å². The molecule has 2 aliphatic carbocycles. The van der Waals surface area contributed by atoms with Crippen molar-refractivity contribution in [2.24, 2.45) is 5.41 Å². The largest absolute Gasteiger partial charge is 0.416 e. The van der Waals surface area contributed by atoms with Crippen molar-refractivity contribution >= 4 is 0 Å². The van der Waals surface area contributed by atoms with E-state index in [9.17, 15) is 22.7 Å². The topological polar surface area (TPSA) is 33.1 Å². The maximum atomic E-state index is 13.8. The van der Waals surface area contributed by atoms with Crippen LogP contribution in [0, 0.1) is 11.2 Å². The third-order valence-electron chi connectivity index (χ3n) is 6.93. The van der Waals surface area contributed by atoms with Crippen LogP contribution in [0.4, 0.5) is 17.6 Å². The Morgan fingerprint density at radius 2 is 1.65 bits per heavy atom. The molecule has 1 atom stereocenters. The third kappa shape index (κ3) is 4.48. The molecular weight excluding hydrogens is 442 g/mol. The van der Waals surface area contributed by atoms with Gasteiger partial charge in [-0.2, -0.15) is 13.2 Å². The maximum absolute atomic E-state index is 13.8. The number of benzene rings is 2. The standard InChI is InChI=1S/C28H27F4NO/c1-27(2)14-22-25(23(34)15-27)24(17-7-11-20(29)12-8-17)21(26(33-22)18-5-6-18)13-16-3-9-19(10-4-16)28(30,31)32/h3-4,7-12,18,23,34H,5-6,13-15H2,1-2H3.